The molecular weight excluding hydrogens is 729 g/mol. The predicted molar refractivity (Wildman–Crippen MR) is 238 cm³/mol. The lowest BCUT2D eigenvalue weighted by molar-refractivity contribution is 0.669. The van der Waals surface area contributed by atoms with Crippen molar-refractivity contribution in [3.63, 3.8) is 0 Å². The van der Waals surface area contributed by atoms with Gasteiger partial charge in [0.25, 0.3) is 0 Å². The van der Waals surface area contributed by atoms with Crippen molar-refractivity contribution in [2.75, 3.05) is 0 Å². The first-order valence-corrected chi connectivity index (χ1v) is 20.0. The first kappa shape index (κ1) is 33.8. The normalized spacial score (nSPS) is 11.4. The number of fused-ring (bicyclic) bond motifs is 4. The number of thiazole rings is 1. The van der Waals surface area contributed by atoms with Gasteiger partial charge in [-0.1, -0.05) is 170 Å². The average Bonchev–Trinajstić information content (AvgIpc) is 3.92. The van der Waals surface area contributed by atoms with Crippen molar-refractivity contribution in [1.82, 2.24) is 19.9 Å². The molecule has 0 saturated carbocycles. The van der Waals surface area contributed by atoms with Gasteiger partial charge in [-0.2, -0.15) is 0 Å². The van der Waals surface area contributed by atoms with Gasteiger partial charge in [-0.15, -0.1) is 11.3 Å². The number of aromatic nitrogens is 4. The predicted octanol–water partition coefficient (Wildman–Crippen LogP) is 14.0. The van der Waals surface area contributed by atoms with Crippen molar-refractivity contribution >= 4 is 43.5 Å². The average molecular weight is 761 g/mol. The summed E-state index contributed by atoms with van der Waals surface area (Å²) >= 11 is 1.71. The molecule has 272 valence electrons. The first-order chi connectivity index (χ1) is 28.7. The second-order valence-electron chi connectivity index (χ2n) is 14.2. The first-order valence-electron chi connectivity index (χ1n) is 19.2. The molecule has 0 aliphatic carbocycles. The summed E-state index contributed by atoms with van der Waals surface area (Å²) in [7, 11) is 0. The summed E-state index contributed by atoms with van der Waals surface area (Å²) in [6.07, 6.45) is 0. The van der Waals surface area contributed by atoms with Crippen LogP contribution in [0.15, 0.2) is 199 Å². The van der Waals surface area contributed by atoms with Crippen LogP contribution in [0.3, 0.4) is 0 Å². The second-order valence-corrected chi connectivity index (χ2v) is 15.3. The Morgan fingerprint density at radius 1 is 0.345 bits per heavy atom. The van der Waals surface area contributed by atoms with Crippen LogP contribution >= 0.6 is 11.3 Å². The second kappa shape index (κ2) is 14.2. The van der Waals surface area contributed by atoms with Crippen molar-refractivity contribution in [3.05, 3.63) is 194 Å². The molecule has 8 aromatic carbocycles. The molecule has 6 heteroatoms. The van der Waals surface area contributed by atoms with E-state index in [0.717, 1.165) is 81.7 Å². The molecule has 0 aliphatic heterocycles. The van der Waals surface area contributed by atoms with E-state index in [9.17, 15) is 0 Å². The van der Waals surface area contributed by atoms with E-state index >= 15 is 0 Å². The van der Waals surface area contributed by atoms with Gasteiger partial charge in [0.1, 0.15) is 16.2 Å². The van der Waals surface area contributed by atoms with Gasteiger partial charge in [0.2, 0.25) is 0 Å². The molecule has 3 aromatic heterocycles. The Balaban J connectivity index is 1.02. The highest BCUT2D eigenvalue weighted by Crippen LogP contribution is 2.41. The van der Waals surface area contributed by atoms with Crippen molar-refractivity contribution < 1.29 is 4.42 Å². The zero-order chi connectivity index (χ0) is 38.4. The van der Waals surface area contributed by atoms with E-state index in [1.807, 2.05) is 54.6 Å². The van der Waals surface area contributed by atoms with E-state index in [1.54, 1.807) is 11.3 Å². The highest BCUT2D eigenvalue weighted by Gasteiger charge is 2.19. The molecule has 58 heavy (non-hydrogen) atoms. The molecule has 0 radical (unpaired) electrons. The zero-order valence-corrected chi connectivity index (χ0v) is 31.9. The van der Waals surface area contributed by atoms with Crippen molar-refractivity contribution in [2.24, 2.45) is 0 Å². The van der Waals surface area contributed by atoms with E-state index < -0.39 is 0 Å². The molecule has 0 saturated heterocycles. The van der Waals surface area contributed by atoms with E-state index in [1.165, 1.54) is 11.1 Å². The molecule has 0 atom stereocenters. The summed E-state index contributed by atoms with van der Waals surface area (Å²) in [6.45, 7) is 0. The number of para-hydroxylation sites is 1. The molecule has 0 bridgehead atoms. The van der Waals surface area contributed by atoms with Crippen LogP contribution in [-0.2, 0) is 0 Å². The Morgan fingerprint density at radius 2 is 0.845 bits per heavy atom. The number of nitrogens with zero attached hydrogens (tertiary/aromatic N) is 4. The number of rotatable bonds is 7. The maximum atomic E-state index is 6.50. The summed E-state index contributed by atoms with van der Waals surface area (Å²) in [5.74, 6) is 1.80. The third-order valence-electron chi connectivity index (χ3n) is 10.6. The molecule has 11 rings (SSSR count). The van der Waals surface area contributed by atoms with Gasteiger partial charge in [-0.25, -0.2) is 19.9 Å². The van der Waals surface area contributed by atoms with Gasteiger partial charge in [0, 0.05) is 38.6 Å². The van der Waals surface area contributed by atoms with Gasteiger partial charge in [0.15, 0.2) is 17.5 Å². The fourth-order valence-corrected chi connectivity index (χ4v) is 8.70. The van der Waals surface area contributed by atoms with Crippen LogP contribution in [0.5, 0.6) is 0 Å². The van der Waals surface area contributed by atoms with Crippen LogP contribution in [0.1, 0.15) is 0 Å². The number of hydrogen-bond donors (Lipinski definition) is 0. The SMILES string of the molecule is c1ccc(-c2ccc(-c3nc(-c4ccccc4)nc(-c4cccc5oc6ccc(-c7cccc8sc(-c9ccc(-c%10ccccc%10)cc9)nc78)cc6c45)n3)cc2)cc1. The molecule has 0 fully saturated rings. The van der Waals surface area contributed by atoms with Crippen LogP contribution < -0.4 is 0 Å². The standard InChI is InChI=1S/C52H32N4OS/c1-4-12-33(13-5-1)35-22-26-38(27-23-35)50-54-49(37-16-8-3-9-17-37)55-51(56-50)42-19-10-20-45-47(42)43-32-40(30-31-44(43)57-45)41-18-11-21-46-48(41)53-52(58-46)39-28-24-36(25-29-39)34-14-6-2-7-15-34/h1-32H. The summed E-state index contributed by atoms with van der Waals surface area (Å²) in [6, 6.07) is 66.9. The van der Waals surface area contributed by atoms with Crippen LogP contribution in [-0.4, -0.2) is 19.9 Å². The summed E-state index contributed by atoms with van der Waals surface area (Å²) in [5, 5.41) is 2.94. The Labute approximate surface area is 338 Å². The Hall–Kier alpha value is -7.54. The Morgan fingerprint density at radius 3 is 1.50 bits per heavy atom. The largest absolute Gasteiger partial charge is 0.456 e. The molecule has 0 N–H and O–H groups in total. The van der Waals surface area contributed by atoms with Crippen LogP contribution in [0.4, 0.5) is 0 Å². The van der Waals surface area contributed by atoms with Gasteiger partial charge in [-0.05, 0) is 52.1 Å². The molecule has 0 amide bonds. The molecule has 0 aliphatic rings. The van der Waals surface area contributed by atoms with Crippen LogP contribution in [0.2, 0.25) is 0 Å². The summed E-state index contributed by atoms with van der Waals surface area (Å²) in [4.78, 5) is 20.5. The third kappa shape index (κ3) is 6.13. The van der Waals surface area contributed by atoms with Gasteiger partial charge in [-0.3, -0.25) is 0 Å². The fraction of sp³-hybridized carbons (Fsp3) is 0. The van der Waals surface area contributed by atoms with Crippen molar-refractivity contribution in [3.8, 4) is 78.1 Å². The highest BCUT2D eigenvalue weighted by atomic mass is 32.1. The van der Waals surface area contributed by atoms with Gasteiger partial charge < -0.3 is 4.42 Å². The van der Waals surface area contributed by atoms with Crippen LogP contribution in [0.25, 0.3) is 110 Å². The lowest BCUT2D eigenvalue weighted by Gasteiger charge is -2.10. The van der Waals surface area contributed by atoms with Crippen LogP contribution in [0, 0.1) is 0 Å². The third-order valence-corrected chi connectivity index (χ3v) is 11.7. The highest BCUT2D eigenvalue weighted by molar-refractivity contribution is 7.21. The lowest BCUT2D eigenvalue weighted by atomic mass is 9.99. The van der Waals surface area contributed by atoms with Gasteiger partial charge >= 0.3 is 0 Å². The molecule has 5 nitrogen and oxygen atoms in total. The smallest absolute Gasteiger partial charge is 0.164 e. The minimum absolute atomic E-state index is 0.583. The Bertz CT molecular complexity index is 3250. The maximum Gasteiger partial charge on any atom is 0.164 e. The zero-order valence-electron chi connectivity index (χ0n) is 31.1. The van der Waals surface area contributed by atoms with Crippen molar-refractivity contribution in [2.45, 2.75) is 0 Å². The maximum absolute atomic E-state index is 6.50. The lowest BCUT2D eigenvalue weighted by Crippen LogP contribution is -2.00. The quantitative estimate of drug-likeness (QED) is 0.162. The number of benzene rings is 8. The van der Waals surface area contributed by atoms with Crippen molar-refractivity contribution in [1.29, 1.82) is 0 Å². The summed E-state index contributed by atoms with van der Waals surface area (Å²) in [5.41, 5.74) is 13.2. The number of furan rings is 1. The fourth-order valence-electron chi connectivity index (χ4n) is 7.71. The molecule has 0 unspecified atom stereocenters. The van der Waals surface area contributed by atoms with E-state index in [4.69, 9.17) is 24.4 Å². The monoisotopic (exact) mass is 760 g/mol. The molecular formula is C52H32N4OS. The molecule has 11 aromatic rings. The van der Waals surface area contributed by atoms with E-state index in [0.29, 0.717) is 17.5 Å². The Kier molecular flexibility index (Phi) is 8.26. The number of hydrogen-bond acceptors (Lipinski definition) is 6. The molecule has 0 spiro atoms. The summed E-state index contributed by atoms with van der Waals surface area (Å²) < 4.78 is 7.64. The molecule has 3 heterocycles. The van der Waals surface area contributed by atoms with Gasteiger partial charge in [0.05, 0.1) is 10.2 Å². The van der Waals surface area contributed by atoms with E-state index in [2.05, 4.69) is 140 Å². The van der Waals surface area contributed by atoms with E-state index in [-0.39, 0.29) is 0 Å². The topological polar surface area (TPSA) is 64.7 Å². The minimum Gasteiger partial charge on any atom is -0.456 e. The minimum atomic E-state index is 0.583.